The van der Waals surface area contributed by atoms with Crippen molar-refractivity contribution < 1.29 is 14.6 Å². The number of nitrogens with zero attached hydrogens (tertiary/aromatic N) is 3. The normalized spacial score (nSPS) is 18.7. The van der Waals surface area contributed by atoms with Gasteiger partial charge in [0.2, 0.25) is 5.95 Å². The van der Waals surface area contributed by atoms with E-state index in [1.807, 2.05) is 38.1 Å². The number of nitrogens with one attached hydrogen (secondary N) is 1. The van der Waals surface area contributed by atoms with Crippen molar-refractivity contribution in [1.82, 2.24) is 15.0 Å². The number of hydrogen-bond donors (Lipinski definition) is 3. The van der Waals surface area contributed by atoms with Gasteiger partial charge in [-0.15, -0.1) is 0 Å². The zero-order valence-electron chi connectivity index (χ0n) is 18.0. The largest absolute Gasteiger partial charge is 0.490 e. The SMILES string of the molecule is Cc1cc(C)nc(NC2CCC(Oc3cccc4nc(C)c(C(=O)O)c(N)c34)CC2)n1. The maximum absolute atomic E-state index is 11.6. The van der Waals surface area contributed by atoms with Crippen LogP contribution in [0.25, 0.3) is 10.9 Å². The lowest BCUT2D eigenvalue weighted by atomic mass is 9.93. The molecule has 1 aliphatic rings. The van der Waals surface area contributed by atoms with Crippen molar-refractivity contribution in [3.63, 3.8) is 0 Å². The van der Waals surface area contributed by atoms with Gasteiger partial charge in [-0.3, -0.25) is 4.98 Å². The molecule has 0 bridgehead atoms. The number of aromatic nitrogens is 3. The highest BCUT2D eigenvalue weighted by molar-refractivity contribution is 6.06. The Morgan fingerprint density at radius 3 is 2.42 bits per heavy atom. The number of benzene rings is 1. The third-order valence-electron chi connectivity index (χ3n) is 5.69. The number of pyridine rings is 1. The summed E-state index contributed by atoms with van der Waals surface area (Å²) in [6.07, 6.45) is 3.61. The predicted octanol–water partition coefficient (Wildman–Crippen LogP) is 4.03. The lowest BCUT2D eigenvalue weighted by molar-refractivity contribution is 0.0697. The van der Waals surface area contributed by atoms with Gasteiger partial charge < -0.3 is 20.9 Å². The molecule has 4 rings (SSSR count). The standard InChI is InChI=1S/C23H27N5O3/c1-12-11-13(2)26-23(25-12)28-15-7-9-16(10-8-15)31-18-6-4-5-17-20(18)21(24)19(22(29)30)14(3)27-17/h4-6,11,15-16H,7-10H2,1-3H3,(H2,24,27)(H,29,30)(H,25,26,28). The second-order valence-corrected chi connectivity index (χ2v) is 8.15. The Balaban J connectivity index is 1.48. The number of hydrogen-bond acceptors (Lipinski definition) is 7. The van der Waals surface area contributed by atoms with Gasteiger partial charge in [-0.25, -0.2) is 14.8 Å². The first-order chi connectivity index (χ1) is 14.8. The van der Waals surface area contributed by atoms with Crippen LogP contribution in [0.5, 0.6) is 5.75 Å². The monoisotopic (exact) mass is 421 g/mol. The maximum atomic E-state index is 11.6. The van der Waals surface area contributed by atoms with Crippen LogP contribution in [0, 0.1) is 20.8 Å². The van der Waals surface area contributed by atoms with Crippen LogP contribution in [0.2, 0.25) is 0 Å². The van der Waals surface area contributed by atoms with Crippen LogP contribution < -0.4 is 15.8 Å². The van der Waals surface area contributed by atoms with E-state index >= 15 is 0 Å². The molecule has 0 aliphatic heterocycles. The number of nitrogens with two attached hydrogens (primary N) is 1. The molecule has 2 aromatic heterocycles. The topological polar surface area (TPSA) is 123 Å². The summed E-state index contributed by atoms with van der Waals surface area (Å²) in [5.41, 5.74) is 9.40. The number of rotatable bonds is 5. The number of ether oxygens (including phenoxy) is 1. The Morgan fingerprint density at radius 1 is 1.10 bits per heavy atom. The van der Waals surface area contributed by atoms with E-state index in [4.69, 9.17) is 10.5 Å². The van der Waals surface area contributed by atoms with Gasteiger partial charge in [-0.05, 0) is 64.7 Å². The zero-order valence-corrected chi connectivity index (χ0v) is 18.0. The Kier molecular flexibility index (Phi) is 5.63. The first kappa shape index (κ1) is 20.8. The number of carbonyl (C=O) groups is 1. The van der Waals surface area contributed by atoms with E-state index in [2.05, 4.69) is 20.3 Å². The fourth-order valence-corrected chi connectivity index (χ4v) is 4.29. The first-order valence-corrected chi connectivity index (χ1v) is 10.5. The molecule has 2 heterocycles. The number of carboxylic acids is 1. The molecule has 0 radical (unpaired) electrons. The van der Waals surface area contributed by atoms with Gasteiger partial charge in [0.15, 0.2) is 0 Å². The predicted molar refractivity (Wildman–Crippen MR) is 120 cm³/mol. The molecule has 1 aliphatic carbocycles. The highest BCUT2D eigenvalue weighted by Crippen LogP contribution is 2.35. The lowest BCUT2D eigenvalue weighted by Crippen LogP contribution is -2.32. The average Bonchev–Trinajstić information content (AvgIpc) is 2.68. The van der Waals surface area contributed by atoms with Gasteiger partial charge in [0, 0.05) is 17.4 Å². The lowest BCUT2D eigenvalue weighted by Gasteiger charge is -2.30. The third kappa shape index (κ3) is 4.38. The molecule has 4 N–H and O–H groups in total. The van der Waals surface area contributed by atoms with Gasteiger partial charge in [0.05, 0.1) is 28.4 Å². The quantitative estimate of drug-likeness (QED) is 0.564. The fourth-order valence-electron chi connectivity index (χ4n) is 4.29. The molecule has 1 saturated carbocycles. The Hall–Kier alpha value is -3.42. The van der Waals surface area contributed by atoms with Crippen LogP contribution in [0.15, 0.2) is 24.3 Å². The number of carboxylic acid groups (broad SMARTS) is 1. The summed E-state index contributed by atoms with van der Waals surface area (Å²) < 4.78 is 6.29. The molecule has 0 saturated heterocycles. The molecule has 0 amide bonds. The molecule has 162 valence electrons. The highest BCUT2D eigenvalue weighted by atomic mass is 16.5. The van der Waals surface area contributed by atoms with Crippen molar-refractivity contribution in [3.05, 3.63) is 46.9 Å². The second kappa shape index (κ2) is 8.37. The molecular formula is C23H27N5O3. The number of aryl methyl sites for hydroxylation is 3. The molecule has 8 heteroatoms. The molecule has 0 atom stereocenters. The van der Waals surface area contributed by atoms with Crippen molar-refractivity contribution in [1.29, 1.82) is 0 Å². The molecule has 8 nitrogen and oxygen atoms in total. The van der Waals surface area contributed by atoms with Gasteiger partial charge in [-0.1, -0.05) is 6.07 Å². The third-order valence-corrected chi connectivity index (χ3v) is 5.69. The molecule has 1 aromatic carbocycles. The summed E-state index contributed by atoms with van der Waals surface area (Å²) in [5.74, 6) is 0.171. The minimum atomic E-state index is -1.08. The van der Waals surface area contributed by atoms with Gasteiger partial charge in [0.25, 0.3) is 0 Å². The molecule has 0 unspecified atom stereocenters. The average molecular weight is 422 g/mol. The van der Waals surface area contributed by atoms with Crippen LogP contribution in [-0.2, 0) is 0 Å². The summed E-state index contributed by atoms with van der Waals surface area (Å²) in [6, 6.07) is 7.75. The van der Waals surface area contributed by atoms with E-state index in [1.54, 1.807) is 6.92 Å². The van der Waals surface area contributed by atoms with Crippen molar-refractivity contribution in [2.75, 3.05) is 11.1 Å². The van der Waals surface area contributed by atoms with E-state index in [9.17, 15) is 9.90 Å². The Labute approximate surface area is 180 Å². The smallest absolute Gasteiger partial charge is 0.339 e. The molecule has 0 spiro atoms. The fraction of sp³-hybridized carbons (Fsp3) is 0.391. The van der Waals surface area contributed by atoms with E-state index in [0.717, 1.165) is 37.1 Å². The Bertz CT molecular complexity index is 1120. The van der Waals surface area contributed by atoms with E-state index in [0.29, 0.717) is 34.3 Å². The summed E-state index contributed by atoms with van der Waals surface area (Å²) in [4.78, 5) is 25.0. The molecule has 31 heavy (non-hydrogen) atoms. The minimum Gasteiger partial charge on any atom is -0.490 e. The second-order valence-electron chi connectivity index (χ2n) is 8.15. The molecular weight excluding hydrogens is 394 g/mol. The van der Waals surface area contributed by atoms with Gasteiger partial charge in [0.1, 0.15) is 11.3 Å². The number of fused-ring (bicyclic) bond motifs is 1. The number of anilines is 2. The van der Waals surface area contributed by atoms with Crippen molar-refractivity contribution in [2.24, 2.45) is 0 Å². The van der Waals surface area contributed by atoms with Gasteiger partial charge >= 0.3 is 5.97 Å². The molecule has 3 aromatic rings. The van der Waals surface area contributed by atoms with Crippen LogP contribution >= 0.6 is 0 Å². The van der Waals surface area contributed by atoms with E-state index < -0.39 is 5.97 Å². The number of nitrogen functional groups attached to an aromatic ring is 1. The first-order valence-electron chi connectivity index (χ1n) is 10.5. The summed E-state index contributed by atoms with van der Waals surface area (Å²) in [7, 11) is 0. The van der Waals surface area contributed by atoms with Crippen molar-refractivity contribution in [2.45, 2.75) is 58.6 Å². The van der Waals surface area contributed by atoms with Crippen LogP contribution in [0.4, 0.5) is 11.6 Å². The van der Waals surface area contributed by atoms with Crippen LogP contribution in [0.3, 0.4) is 0 Å². The maximum Gasteiger partial charge on any atom is 0.339 e. The summed E-state index contributed by atoms with van der Waals surface area (Å²) >= 11 is 0. The molecule has 1 fully saturated rings. The highest BCUT2D eigenvalue weighted by Gasteiger charge is 2.25. The zero-order chi connectivity index (χ0) is 22.1. The minimum absolute atomic E-state index is 0.0257. The number of aromatic carboxylic acids is 1. The van der Waals surface area contributed by atoms with Crippen LogP contribution in [0.1, 0.15) is 53.1 Å². The van der Waals surface area contributed by atoms with E-state index in [1.165, 1.54) is 0 Å². The van der Waals surface area contributed by atoms with Gasteiger partial charge in [-0.2, -0.15) is 0 Å². The Morgan fingerprint density at radius 2 is 1.77 bits per heavy atom. The van der Waals surface area contributed by atoms with Crippen molar-refractivity contribution in [3.8, 4) is 5.75 Å². The summed E-state index contributed by atoms with van der Waals surface area (Å²) in [6.45, 7) is 5.58. The van der Waals surface area contributed by atoms with Crippen molar-refractivity contribution >= 4 is 28.5 Å². The van der Waals surface area contributed by atoms with E-state index in [-0.39, 0.29) is 17.4 Å². The summed E-state index contributed by atoms with van der Waals surface area (Å²) in [5, 5.41) is 13.5. The van der Waals surface area contributed by atoms with Crippen LogP contribution in [-0.4, -0.2) is 38.2 Å².